The molecule has 0 aliphatic carbocycles. The Morgan fingerprint density at radius 2 is 1.50 bits per heavy atom. The van der Waals surface area contributed by atoms with E-state index in [1.165, 1.54) is 0 Å². The summed E-state index contributed by atoms with van der Waals surface area (Å²) in [6.45, 7) is 7.15. The summed E-state index contributed by atoms with van der Waals surface area (Å²) in [7, 11) is 0. The predicted octanol–water partition coefficient (Wildman–Crippen LogP) is 0.148. The summed E-state index contributed by atoms with van der Waals surface area (Å²) in [4.78, 5) is 23.0. The molecule has 1 aliphatic heterocycles. The third kappa shape index (κ3) is 14.5. The Hall–Kier alpha value is -1.46. The first kappa shape index (κ1) is 26.6. The van der Waals surface area contributed by atoms with Crippen LogP contribution in [0.1, 0.15) is 39.0 Å². The van der Waals surface area contributed by atoms with Gasteiger partial charge in [-0.05, 0) is 19.8 Å². The number of amides is 3. The zero-order valence-corrected chi connectivity index (χ0v) is 18.3. The second kappa shape index (κ2) is 18.3. The molecule has 0 bridgehead atoms. The Morgan fingerprint density at radius 3 is 2.07 bits per heavy atom. The molecule has 1 heterocycles. The number of hydrogen-bond donors (Lipinski definition) is 4. The molecule has 0 saturated carbocycles. The minimum Gasteiger partial charge on any atom is -0.378 e. The molecule has 1 aliphatic rings. The van der Waals surface area contributed by atoms with Crippen molar-refractivity contribution in [2.24, 2.45) is 5.73 Å². The number of rotatable bonds is 20. The molecule has 10 heteroatoms. The van der Waals surface area contributed by atoms with Crippen LogP contribution in [-0.2, 0) is 23.7 Å². The van der Waals surface area contributed by atoms with Gasteiger partial charge in [0.05, 0.1) is 58.9 Å². The Kier molecular flexibility index (Phi) is 16.2. The molecule has 30 heavy (non-hydrogen) atoms. The van der Waals surface area contributed by atoms with Crippen LogP contribution >= 0.6 is 0 Å². The molecule has 0 aromatic rings. The Bertz CT molecular complexity index is 455. The third-order valence-corrected chi connectivity index (χ3v) is 4.64. The van der Waals surface area contributed by atoms with E-state index in [1.807, 2.05) is 6.92 Å². The van der Waals surface area contributed by atoms with Gasteiger partial charge in [-0.1, -0.05) is 12.8 Å². The molecular formula is C20H40N4O6. The summed E-state index contributed by atoms with van der Waals surface area (Å²) in [5, 5.41) is 8.60. The number of ether oxygens (including phenoxy) is 4. The van der Waals surface area contributed by atoms with Crippen LogP contribution in [0.15, 0.2) is 0 Å². The summed E-state index contributed by atoms with van der Waals surface area (Å²) in [5.41, 5.74) is 5.31. The molecule has 5 N–H and O–H groups in total. The zero-order chi connectivity index (χ0) is 21.9. The lowest BCUT2D eigenvalue weighted by Crippen LogP contribution is -2.30. The molecule has 0 aromatic heterocycles. The molecular weight excluding hydrogens is 392 g/mol. The number of hydrogen-bond acceptors (Lipinski definition) is 7. The van der Waals surface area contributed by atoms with E-state index in [2.05, 4.69) is 16.0 Å². The number of urea groups is 1. The topological polar surface area (TPSA) is 133 Å². The second-order valence-electron chi connectivity index (χ2n) is 7.20. The fraction of sp³-hybridized carbons (Fsp3) is 0.900. The van der Waals surface area contributed by atoms with Crippen molar-refractivity contribution in [2.45, 2.75) is 51.1 Å². The number of unbranched alkanes of at least 4 members (excludes halogenated alkanes) is 2. The maximum atomic E-state index is 11.8. The highest BCUT2D eigenvalue weighted by Gasteiger charge is 2.26. The van der Waals surface area contributed by atoms with E-state index in [4.69, 9.17) is 24.7 Å². The van der Waals surface area contributed by atoms with Crippen LogP contribution in [0.3, 0.4) is 0 Å². The van der Waals surface area contributed by atoms with E-state index in [0.29, 0.717) is 72.4 Å². The molecule has 176 valence electrons. The molecule has 1 rings (SSSR count). The standard InChI is InChI=1S/C20H40N4O6/c1-17-18(24-20(26)23-17)5-3-2-4-6-19(25)22-8-10-28-12-14-30-16-15-29-13-11-27-9-7-21/h17-18H,2-16,21H2,1H3,(H,22,25)(H2,23,24,26). The van der Waals surface area contributed by atoms with Crippen molar-refractivity contribution in [1.82, 2.24) is 16.0 Å². The van der Waals surface area contributed by atoms with Crippen molar-refractivity contribution < 1.29 is 28.5 Å². The lowest BCUT2D eigenvalue weighted by Gasteiger charge is -2.13. The molecule has 0 aromatic carbocycles. The van der Waals surface area contributed by atoms with Gasteiger partial charge in [0, 0.05) is 25.6 Å². The Morgan fingerprint density at radius 1 is 0.900 bits per heavy atom. The monoisotopic (exact) mass is 432 g/mol. The van der Waals surface area contributed by atoms with E-state index in [9.17, 15) is 9.59 Å². The van der Waals surface area contributed by atoms with Gasteiger partial charge in [0.25, 0.3) is 0 Å². The van der Waals surface area contributed by atoms with Gasteiger partial charge in [0.2, 0.25) is 5.91 Å². The van der Waals surface area contributed by atoms with Crippen LogP contribution in [0, 0.1) is 0 Å². The van der Waals surface area contributed by atoms with Crippen molar-refractivity contribution in [3.05, 3.63) is 0 Å². The molecule has 2 atom stereocenters. The van der Waals surface area contributed by atoms with E-state index in [1.54, 1.807) is 0 Å². The summed E-state index contributed by atoms with van der Waals surface area (Å²) < 4.78 is 21.3. The minimum absolute atomic E-state index is 0.0478. The van der Waals surface area contributed by atoms with Crippen LogP contribution in [0.5, 0.6) is 0 Å². The van der Waals surface area contributed by atoms with Gasteiger partial charge in [0.15, 0.2) is 0 Å². The fourth-order valence-electron chi connectivity index (χ4n) is 2.99. The summed E-state index contributed by atoms with van der Waals surface area (Å²) in [6, 6.07) is 0.280. The average molecular weight is 433 g/mol. The van der Waals surface area contributed by atoms with Crippen molar-refractivity contribution >= 4 is 11.9 Å². The SMILES string of the molecule is CC1NC(=O)NC1CCCCCC(=O)NCCOCCOCCOCCOCCN. The van der Waals surface area contributed by atoms with Gasteiger partial charge in [-0.2, -0.15) is 0 Å². The smallest absolute Gasteiger partial charge is 0.315 e. The maximum Gasteiger partial charge on any atom is 0.315 e. The zero-order valence-electron chi connectivity index (χ0n) is 18.3. The van der Waals surface area contributed by atoms with Gasteiger partial charge in [-0.25, -0.2) is 4.79 Å². The fourth-order valence-corrected chi connectivity index (χ4v) is 2.99. The maximum absolute atomic E-state index is 11.8. The Balaban J connectivity index is 1.76. The normalized spacial score (nSPS) is 18.3. The van der Waals surface area contributed by atoms with Gasteiger partial charge in [-0.3, -0.25) is 4.79 Å². The number of nitrogens with one attached hydrogen (secondary N) is 3. The number of nitrogens with two attached hydrogens (primary N) is 1. The second-order valence-corrected chi connectivity index (χ2v) is 7.20. The quantitative estimate of drug-likeness (QED) is 0.201. The van der Waals surface area contributed by atoms with Crippen LogP contribution in [-0.4, -0.2) is 90.0 Å². The molecule has 1 fully saturated rings. The first-order chi connectivity index (χ1) is 14.6. The van der Waals surface area contributed by atoms with Crippen LogP contribution in [0.25, 0.3) is 0 Å². The Labute approximate surface area is 179 Å². The van der Waals surface area contributed by atoms with Gasteiger partial charge in [-0.15, -0.1) is 0 Å². The molecule has 3 amide bonds. The van der Waals surface area contributed by atoms with Gasteiger partial charge >= 0.3 is 6.03 Å². The van der Waals surface area contributed by atoms with Crippen LogP contribution in [0.4, 0.5) is 4.79 Å². The molecule has 10 nitrogen and oxygen atoms in total. The number of carbonyl (C=O) groups is 2. The minimum atomic E-state index is -0.0880. The summed E-state index contributed by atoms with van der Waals surface area (Å²) in [6.07, 6.45) is 4.29. The largest absolute Gasteiger partial charge is 0.378 e. The van der Waals surface area contributed by atoms with E-state index in [0.717, 1.165) is 25.7 Å². The van der Waals surface area contributed by atoms with Crippen LogP contribution < -0.4 is 21.7 Å². The van der Waals surface area contributed by atoms with Crippen molar-refractivity contribution in [3.63, 3.8) is 0 Å². The van der Waals surface area contributed by atoms with Crippen molar-refractivity contribution in [1.29, 1.82) is 0 Å². The molecule has 0 radical (unpaired) electrons. The van der Waals surface area contributed by atoms with Gasteiger partial charge in [0.1, 0.15) is 0 Å². The third-order valence-electron chi connectivity index (χ3n) is 4.64. The van der Waals surface area contributed by atoms with Gasteiger partial charge < -0.3 is 40.6 Å². The van der Waals surface area contributed by atoms with E-state index in [-0.39, 0.29) is 24.0 Å². The first-order valence-corrected chi connectivity index (χ1v) is 11.0. The highest BCUT2D eigenvalue weighted by Crippen LogP contribution is 2.11. The molecule has 0 spiro atoms. The molecule has 2 unspecified atom stereocenters. The van der Waals surface area contributed by atoms with E-state index < -0.39 is 0 Å². The lowest BCUT2D eigenvalue weighted by atomic mass is 10.0. The van der Waals surface area contributed by atoms with Crippen molar-refractivity contribution in [2.75, 3.05) is 65.9 Å². The van der Waals surface area contributed by atoms with E-state index >= 15 is 0 Å². The van der Waals surface area contributed by atoms with Crippen LogP contribution in [0.2, 0.25) is 0 Å². The highest BCUT2D eigenvalue weighted by atomic mass is 16.6. The predicted molar refractivity (Wildman–Crippen MR) is 113 cm³/mol. The lowest BCUT2D eigenvalue weighted by molar-refractivity contribution is -0.121. The van der Waals surface area contributed by atoms with Crippen molar-refractivity contribution in [3.8, 4) is 0 Å². The first-order valence-electron chi connectivity index (χ1n) is 11.0. The molecule has 1 saturated heterocycles. The number of carbonyl (C=O) groups excluding carboxylic acids is 2. The average Bonchev–Trinajstić information content (AvgIpc) is 3.05. The summed E-state index contributed by atoms with van der Waals surface area (Å²) >= 11 is 0. The summed E-state index contributed by atoms with van der Waals surface area (Å²) in [5.74, 6) is 0.0478. The highest BCUT2D eigenvalue weighted by molar-refractivity contribution is 5.77.